The predicted octanol–water partition coefficient (Wildman–Crippen LogP) is 18.7. The van der Waals surface area contributed by atoms with Crippen molar-refractivity contribution < 1.29 is 24.5 Å². The quantitative estimate of drug-likeness (QED) is 0.0285. The van der Waals surface area contributed by atoms with Crippen molar-refractivity contribution in [3.63, 3.8) is 0 Å². The molecule has 0 saturated carbocycles. The number of allylic oxidation sites excluding steroid dienone is 4. The first-order valence-corrected chi connectivity index (χ1v) is 27.5. The van der Waals surface area contributed by atoms with Gasteiger partial charge in [-0.05, 0) is 77.0 Å². The van der Waals surface area contributed by atoms with Crippen LogP contribution in [-0.4, -0.2) is 23.7 Å². The fourth-order valence-corrected chi connectivity index (χ4v) is 8.53. The molecule has 1 atom stereocenters. The van der Waals surface area contributed by atoms with Gasteiger partial charge in [0.05, 0.1) is 12.3 Å². The molecular formula is C56H106O5. The summed E-state index contributed by atoms with van der Waals surface area (Å²) in [5.74, 6) is -0.933. The van der Waals surface area contributed by atoms with E-state index in [0.29, 0.717) is 13.0 Å². The maximum absolute atomic E-state index is 13.1. The highest BCUT2D eigenvalue weighted by Gasteiger charge is 2.22. The average molecular weight is 859 g/mol. The second-order valence-corrected chi connectivity index (χ2v) is 18.8. The van der Waals surface area contributed by atoms with Crippen molar-refractivity contribution in [1.29, 1.82) is 0 Å². The van der Waals surface area contributed by atoms with Crippen molar-refractivity contribution in [3.05, 3.63) is 24.3 Å². The second-order valence-electron chi connectivity index (χ2n) is 18.8. The summed E-state index contributed by atoms with van der Waals surface area (Å²) < 4.78 is 0. The van der Waals surface area contributed by atoms with Crippen molar-refractivity contribution in [2.75, 3.05) is 6.61 Å². The molecule has 0 amide bonds. The summed E-state index contributed by atoms with van der Waals surface area (Å²) in [7, 11) is 0. The van der Waals surface area contributed by atoms with E-state index in [-0.39, 0.29) is 11.9 Å². The molecule has 5 nitrogen and oxygen atoms in total. The van der Waals surface area contributed by atoms with E-state index in [9.17, 15) is 9.59 Å². The summed E-state index contributed by atoms with van der Waals surface area (Å²) in [6.07, 6.45) is 65.5. The number of unbranched alkanes of at least 4 members (excludes halogenated alkanes) is 38. The molecule has 0 aromatic carbocycles. The zero-order valence-electron chi connectivity index (χ0n) is 41.2. The normalized spacial score (nSPS) is 12.2. The van der Waals surface area contributed by atoms with Gasteiger partial charge in [0.15, 0.2) is 0 Å². The lowest BCUT2D eigenvalue weighted by atomic mass is 9.94. The number of carbonyl (C=O) groups is 2. The average Bonchev–Trinajstić information content (AvgIpc) is 3.27. The highest BCUT2D eigenvalue weighted by Crippen LogP contribution is 2.22. The Bertz CT molecular complexity index is 928. The molecule has 61 heavy (non-hydrogen) atoms. The van der Waals surface area contributed by atoms with Crippen molar-refractivity contribution in [2.24, 2.45) is 5.92 Å². The molecule has 1 unspecified atom stereocenters. The highest BCUT2D eigenvalue weighted by molar-refractivity contribution is 5.74. The molecule has 1 N–H and O–H groups in total. The van der Waals surface area contributed by atoms with E-state index in [1.54, 1.807) is 0 Å². The van der Waals surface area contributed by atoms with Crippen LogP contribution in [0.1, 0.15) is 309 Å². The lowest BCUT2D eigenvalue weighted by Gasteiger charge is -2.14. The molecule has 0 aliphatic carbocycles. The lowest BCUT2D eigenvalue weighted by Crippen LogP contribution is -2.20. The number of aliphatic hydroxyl groups is 1. The second kappa shape index (κ2) is 52.7. The van der Waals surface area contributed by atoms with Crippen molar-refractivity contribution >= 4 is 11.9 Å². The summed E-state index contributed by atoms with van der Waals surface area (Å²) in [4.78, 5) is 35.8. The SMILES string of the molecule is CCCCCCCC/C=C\CCCCCCCC(=O)OOC(=O)C(CCCCCC/C=C\CCCCCCCC)CCCCCCCCCCCCCCCCCCCCO. The fourth-order valence-electron chi connectivity index (χ4n) is 8.53. The van der Waals surface area contributed by atoms with Gasteiger partial charge in [0.1, 0.15) is 0 Å². The van der Waals surface area contributed by atoms with Gasteiger partial charge >= 0.3 is 11.9 Å². The maximum Gasteiger partial charge on any atom is 0.358 e. The molecule has 0 fully saturated rings. The van der Waals surface area contributed by atoms with Gasteiger partial charge in [0.2, 0.25) is 0 Å². The van der Waals surface area contributed by atoms with Gasteiger partial charge < -0.3 is 5.11 Å². The molecule has 0 bridgehead atoms. The standard InChI is InChI=1S/C56H106O5/c1-3-5-7-9-11-13-15-17-23-28-32-36-40-44-48-52-55(58)60-61-56(59)54(50-46-42-38-34-30-26-18-16-14-12-10-8-6-4-2)51-47-43-39-35-31-27-24-21-19-20-22-25-29-33-37-41-45-49-53-57/h17-18,23,26,54,57H,3-16,19-22,24-25,27-53H2,1-2H3/b23-17-,26-18-. The predicted molar refractivity (Wildman–Crippen MR) is 265 cm³/mol. The number of carbonyl (C=O) groups excluding carboxylic acids is 2. The molecular weight excluding hydrogens is 753 g/mol. The smallest absolute Gasteiger partial charge is 0.358 e. The van der Waals surface area contributed by atoms with E-state index in [2.05, 4.69) is 38.2 Å². The van der Waals surface area contributed by atoms with Crippen molar-refractivity contribution in [2.45, 2.75) is 309 Å². The van der Waals surface area contributed by atoms with Crippen LogP contribution >= 0.6 is 0 Å². The first-order chi connectivity index (χ1) is 30.2. The van der Waals surface area contributed by atoms with Crippen LogP contribution in [0.4, 0.5) is 0 Å². The Morgan fingerprint density at radius 1 is 0.361 bits per heavy atom. The molecule has 0 aromatic rings. The Morgan fingerprint density at radius 2 is 0.639 bits per heavy atom. The molecule has 0 aliphatic rings. The van der Waals surface area contributed by atoms with Crippen LogP contribution in [-0.2, 0) is 19.4 Å². The highest BCUT2D eigenvalue weighted by atomic mass is 17.2. The van der Waals surface area contributed by atoms with E-state index in [1.165, 1.54) is 212 Å². The van der Waals surface area contributed by atoms with Gasteiger partial charge in [-0.2, -0.15) is 0 Å². The van der Waals surface area contributed by atoms with Crippen LogP contribution in [0.2, 0.25) is 0 Å². The summed E-state index contributed by atoms with van der Waals surface area (Å²) in [6, 6.07) is 0. The summed E-state index contributed by atoms with van der Waals surface area (Å²) in [6.45, 7) is 4.89. The van der Waals surface area contributed by atoms with Crippen LogP contribution in [0, 0.1) is 5.92 Å². The molecule has 0 aromatic heterocycles. The molecule has 0 radical (unpaired) electrons. The third-order valence-electron chi connectivity index (χ3n) is 12.7. The van der Waals surface area contributed by atoms with E-state index in [1.807, 2.05) is 0 Å². The summed E-state index contributed by atoms with van der Waals surface area (Å²) in [5, 5.41) is 8.87. The fraction of sp³-hybridized carbons (Fsp3) is 0.893. The summed E-state index contributed by atoms with van der Waals surface area (Å²) in [5.41, 5.74) is 0. The number of hydrogen-bond acceptors (Lipinski definition) is 5. The van der Waals surface area contributed by atoms with E-state index in [0.717, 1.165) is 77.0 Å². The van der Waals surface area contributed by atoms with Crippen molar-refractivity contribution in [1.82, 2.24) is 0 Å². The third-order valence-corrected chi connectivity index (χ3v) is 12.7. The molecule has 0 rings (SSSR count). The van der Waals surface area contributed by atoms with E-state index in [4.69, 9.17) is 14.9 Å². The van der Waals surface area contributed by atoms with E-state index >= 15 is 0 Å². The Morgan fingerprint density at radius 3 is 0.967 bits per heavy atom. The van der Waals surface area contributed by atoms with Gasteiger partial charge in [-0.15, -0.1) is 0 Å². The number of rotatable bonds is 50. The molecule has 0 spiro atoms. The minimum Gasteiger partial charge on any atom is -0.396 e. The monoisotopic (exact) mass is 859 g/mol. The van der Waals surface area contributed by atoms with Crippen LogP contribution in [0.5, 0.6) is 0 Å². The molecule has 5 heteroatoms. The topological polar surface area (TPSA) is 72.8 Å². The van der Waals surface area contributed by atoms with Gasteiger partial charge in [-0.3, -0.25) is 0 Å². The van der Waals surface area contributed by atoms with Gasteiger partial charge in [-0.1, -0.05) is 250 Å². The first kappa shape index (κ1) is 59.4. The van der Waals surface area contributed by atoms with Crippen molar-refractivity contribution in [3.8, 4) is 0 Å². The maximum atomic E-state index is 13.1. The third kappa shape index (κ3) is 49.3. The van der Waals surface area contributed by atoms with Gasteiger partial charge in [-0.25, -0.2) is 19.4 Å². The minimum atomic E-state index is -0.411. The van der Waals surface area contributed by atoms with Crippen LogP contribution < -0.4 is 0 Å². The van der Waals surface area contributed by atoms with Crippen LogP contribution in [0.15, 0.2) is 24.3 Å². The number of aliphatic hydroxyl groups excluding tert-OH is 1. The first-order valence-electron chi connectivity index (χ1n) is 27.5. The Labute approximate surface area is 381 Å². The molecule has 0 saturated heterocycles. The van der Waals surface area contributed by atoms with Crippen LogP contribution in [0.25, 0.3) is 0 Å². The molecule has 0 heterocycles. The van der Waals surface area contributed by atoms with Crippen LogP contribution in [0.3, 0.4) is 0 Å². The molecule has 0 aliphatic heterocycles. The minimum absolute atomic E-state index is 0.179. The van der Waals surface area contributed by atoms with Gasteiger partial charge in [0.25, 0.3) is 0 Å². The number of hydrogen-bond donors (Lipinski definition) is 1. The zero-order valence-corrected chi connectivity index (χ0v) is 41.2. The summed E-state index contributed by atoms with van der Waals surface area (Å²) >= 11 is 0. The largest absolute Gasteiger partial charge is 0.396 e. The Hall–Kier alpha value is -1.62. The Kier molecular flexibility index (Phi) is 51.3. The van der Waals surface area contributed by atoms with Gasteiger partial charge in [0, 0.05) is 6.61 Å². The molecule has 360 valence electrons. The zero-order chi connectivity index (χ0) is 44.2. The van der Waals surface area contributed by atoms with E-state index < -0.39 is 5.97 Å². The Balaban J connectivity index is 4.22. The lowest BCUT2D eigenvalue weighted by molar-refractivity contribution is -0.262.